The van der Waals surface area contributed by atoms with Crippen molar-refractivity contribution in [3.05, 3.63) is 46.1 Å². The molecule has 0 fully saturated rings. The van der Waals surface area contributed by atoms with Crippen molar-refractivity contribution in [3.8, 4) is 28.7 Å². The SMILES string of the molecule is CC1(C)Oc2ncc(-c3nc(-c4cc(Cl)cc(Cl)c4)no3)cc2C[C@H]1O. The Balaban J connectivity index is 1.67. The van der Waals surface area contributed by atoms with Crippen LogP contribution in [0.15, 0.2) is 35.0 Å². The Morgan fingerprint density at radius 3 is 2.58 bits per heavy atom. The van der Waals surface area contributed by atoms with Gasteiger partial charge >= 0.3 is 0 Å². The van der Waals surface area contributed by atoms with Crippen molar-refractivity contribution in [2.24, 2.45) is 0 Å². The lowest BCUT2D eigenvalue weighted by Gasteiger charge is -2.36. The number of hydrogen-bond donors (Lipinski definition) is 1. The summed E-state index contributed by atoms with van der Waals surface area (Å²) >= 11 is 12.0. The van der Waals surface area contributed by atoms with Crippen molar-refractivity contribution in [1.82, 2.24) is 15.1 Å². The molecule has 0 spiro atoms. The third-order valence-corrected chi connectivity index (χ3v) is 4.73. The molecule has 8 heteroatoms. The van der Waals surface area contributed by atoms with Crippen LogP contribution in [0.2, 0.25) is 10.0 Å². The first-order valence-electron chi connectivity index (χ1n) is 7.98. The maximum absolute atomic E-state index is 10.2. The van der Waals surface area contributed by atoms with Crippen molar-refractivity contribution >= 4 is 23.2 Å². The summed E-state index contributed by atoms with van der Waals surface area (Å²) in [7, 11) is 0. The van der Waals surface area contributed by atoms with Crippen LogP contribution in [0.4, 0.5) is 0 Å². The molecule has 0 amide bonds. The van der Waals surface area contributed by atoms with Gasteiger partial charge in [-0.25, -0.2) is 4.98 Å². The monoisotopic (exact) mass is 391 g/mol. The van der Waals surface area contributed by atoms with Crippen LogP contribution in [-0.4, -0.2) is 31.9 Å². The minimum absolute atomic E-state index is 0.311. The molecule has 3 heterocycles. The van der Waals surface area contributed by atoms with Gasteiger partial charge in [0.1, 0.15) is 5.60 Å². The molecule has 0 bridgehead atoms. The Morgan fingerprint density at radius 1 is 1.12 bits per heavy atom. The van der Waals surface area contributed by atoms with E-state index in [1.807, 2.05) is 19.9 Å². The number of halogens is 2. The number of aromatic nitrogens is 3. The zero-order valence-electron chi connectivity index (χ0n) is 14.0. The Bertz CT molecular complexity index is 967. The summed E-state index contributed by atoms with van der Waals surface area (Å²) in [5.41, 5.74) is 1.42. The summed E-state index contributed by atoms with van der Waals surface area (Å²) in [5.74, 6) is 1.19. The maximum atomic E-state index is 10.2. The quantitative estimate of drug-likeness (QED) is 0.705. The van der Waals surface area contributed by atoms with Gasteiger partial charge in [-0.05, 0) is 38.1 Å². The molecular weight excluding hydrogens is 377 g/mol. The van der Waals surface area contributed by atoms with E-state index in [0.717, 1.165) is 5.56 Å². The van der Waals surface area contributed by atoms with Crippen molar-refractivity contribution in [3.63, 3.8) is 0 Å². The normalized spacial score (nSPS) is 18.3. The molecule has 0 unspecified atom stereocenters. The fraction of sp³-hybridized carbons (Fsp3) is 0.278. The fourth-order valence-corrected chi connectivity index (χ4v) is 3.29. The highest BCUT2D eigenvalue weighted by molar-refractivity contribution is 6.35. The summed E-state index contributed by atoms with van der Waals surface area (Å²) in [4.78, 5) is 8.72. The van der Waals surface area contributed by atoms with E-state index in [1.54, 1.807) is 24.4 Å². The molecular formula is C18H15Cl2N3O3. The van der Waals surface area contributed by atoms with Gasteiger partial charge < -0.3 is 14.4 Å². The predicted molar refractivity (Wildman–Crippen MR) is 97.4 cm³/mol. The highest BCUT2D eigenvalue weighted by Crippen LogP contribution is 2.34. The number of benzene rings is 1. The van der Waals surface area contributed by atoms with Crippen LogP contribution in [0.25, 0.3) is 22.8 Å². The van der Waals surface area contributed by atoms with Crippen molar-refractivity contribution in [1.29, 1.82) is 0 Å². The average Bonchev–Trinajstić information content (AvgIpc) is 3.04. The van der Waals surface area contributed by atoms with Crippen LogP contribution in [-0.2, 0) is 6.42 Å². The Labute approximate surface area is 159 Å². The van der Waals surface area contributed by atoms with Crippen molar-refractivity contribution < 1.29 is 14.4 Å². The third-order valence-electron chi connectivity index (χ3n) is 4.29. The molecule has 2 aromatic heterocycles. The van der Waals surface area contributed by atoms with Crippen LogP contribution in [0.5, 0.6) is 5.88 Å². The van der Waals surface area contributed by atoms with E-state index in [1.165, 1.54) is 0 Å². The van der Waals surface area contributed by atoms with Crippen LogP contribution in [0.3, 0.4) is 0 Å². The van der Waals surface area contributed by atoms with Crippen LogP contribution in [0.1, 0.15) is 19.4 Å². The average molecular weight is 392 g/mol. The zero-order chi connectivity index (χ0) is 18.5. The van der Waals surface area contributed by atoms with E-state index < -0.39 is 11.7 Å². The topological polar surface area (TPSA) is 81.3 Å². The highest BCUT2D eigenvalue weighted by atomic mass is 35.5. The van der Waals surface area contributed by atoms with Gasteiger partial charge in [0, 0.05) is 33.8 Å². The smallest absolute Gasteiger partial charge is 0.259 e. The van der Waals surface area contributed by atoms with Gasteiger partial charge in [-0.15, -0.1) is 0 Å². The Kier molecular flexibility index (Phi) is 4.14. The molecule has 1 aliphatic rings. The van der Waals surface area contributed by atoms with E-state index in [4.69, 9.17) is 32.5 Å². The van der Waals surface area contributed by atoms with Gasteiger partial charge in [-0.1, -0.05) is 28.4 Å². The first-order chi connectivity index (χ1) is 12.3. The predicted octanol–water partition coefficient (Wildman–Crippen LogP) is 4.18. The molecule has 134 valence electrons. The molecule has 26 heavy (non-hydrogen) atoms. The number of nitrogens with zero attached hydrogens (tertiary/aromatic N) is 3. The minimum Gasteiger partial charge on any atom is -0.469 e. The molecule has 1 atom stereocenters. The van der Waals surface area contributed by atoms with Crippen LogP contribution in [0, 0.1) is 0 Å². The van der Waals surface area contributed by atoms with Crippen molar-refractivity contribution in [2.45, 2.75) is 32.0 Å². The molecule has 0 radical (unpaired) electrons. The summed E-state index contributed by atoms with van der Waals surface area (Å²) < 4.78 is 11.1. The van der Waals surface area contributed by atoms with E-state index in [0.29, 0.717) is 45.2 Å². The summed E-state index contributed by atoms with van der Waals surface area (Å²) in [5, 5.41) is 15.2. The number of rotatable bonds is 2. The van der Waals surface area contributed by atoms with Gasteiger partial charge in [0.25, 0.3) is 5.89 Å². The molecule has 1 N–H and O–H groups in total. The molecule has 0 saturated carbocycles. The Morgan fingerprint density at radius 2 is 1.85 bits per heavy atom. The van der Waals surface area contributed by atoms with Crippen LogP contribution < -0.4 is 4.74 Å². The lowest BCUT2D eigenvalue weighted by molar-refractivity contribution is -0.0442. The number of hydrogen-bond acceptors (Lipinski definition) is 6. The second-order valence-corrected chi connectivity index (χ2v) is 7.57. The Hall–Kier alpha value is -2.15. The number of fused-ring (bicyclic) bond motifs is 1. The summed E-state index contributed by atoms with van der Waals surface area (Å²) in [6, 6.07) is 6.88. The zero-order valence-corrected chi connectivity index (χ0v) is 15.5. The second-order valence-electron chi connectivity index (χ2n) is 6.69. The lowest BCUT2D eigenvalue weighted by Crippen LogP contribution is -2.46. The lowest BCUT2D eigenvalue weighted by atomic mass is 9.92. The number of pyridine rings is 1. The van der Waals surface area contributed by atoms with Gasteiger partial charge in [0.15, 0.2) is 0 Å². The van der Waals surface area contributed by atoms with Gasteiger partial charge in [-0.2, -0.15) is 4.98 Å². The van der Waals surface area contributed by atoms with E-state index in [2.05, 4.69) is 15.1 Å². The fourth-order valence-electron chi connectivity index (χ4n) is 2.77. The highest BCUT2D eigenvalue weighted by Gasteiger charge is 2.36. The molecule has 6 nitrogen and oxygen atoms in total. The van der Waals surface area contributed by atoms with Crippen molar-refractivity contribution in [2.75, 3.05) is 0 Å². The minimum atomic E-state index is -0.676. The molecule has 1 aromatic carbocycles. The van der Waals surface area contributed by atoms with Crippen LogP contribution >= 0.6 is 23.2 Å². The van der Waals surface area contributed by atoms with Gasteiger partial charge in [-0.3, -0.25) is 0 Å². The first kappa shape index (κ1) is 17.3. The summed E-state index contributed by atoms with van der Waals surface area (Å²) in [6.07, 6.45) is 1.42. The molecule has 4 rings (SSSR count). The van der Waals surface area contributed by atoms with E-state index in [9.17, 15) is 5.11 Å². The van der Waals surface area contributed by atoms with Gasteiger partial charge in [0.05, 0.1) is 11.7 Å². The largest absolute Gasteiger partial charge is 0.469 e. The maximum Gasteiger partial charge on any atom is 0.259 e. The second kappa shape index (κ2) is 6.23. The molecule has 0 saturated heterocycles. The molecule has 0 aliphatic carbocycles. The number of aliphatic hydroxyl groups excluding tert-OH is 1. The third kappa shape index (κ3) is 3.16. The molecule has 1 aliphatic heterocycles. The molecule has 3 aromatic rings. The summed E-state index contributed by atoms with van der Waals surface area (Å²) in [6.45, 7) is 3.66. The van der Waals surface area contributed by atoms with E-state index in [-0.39, 0.29) is 0 Å². The van der Waals surface area contributed by atoms with Gasteiger partial charge in [0.2, 0.25) is 11.7 Å². The standard InChI is InChI=1S/C18H15Cl2N3O3/c1-18(2)14(24)6-10-3-11(8-21-16(10)25-18)17-22-15(23-26-17)9-4-12(19)7-13(20)5-9/h3-5,7-8,14,24H,6H2,1-2H3/t14-/m1/s1. The first-order valence-corrected chi connectivity index (χ1v) is 8.74. The number of aliphatic hydroxyl groups is 1. The van der Waals surface area contributed by atoms with E-state index >= 15 is 0 Å². The number of ether oxygens (including phenoxy) is 1.